The number of pyridine rings is 1. The van der Waals surface area contributed by atoms with Crippen molar-refractivity contribution in [2.75, 3.05) is 13.7 Å². The van der Waals surface area contributed by atoms with Crippen molar-refractivity contribution in [1.29, 1.82) is 0 Å². The van der Waals surface area contributed by atoms with E-state index in [1.54, 1.807) is 31.4 Å². The van der Waals surface area contributed by atoms with Gasteiger partial charge in [-0.1, -0.05) is 12.1 Å². The van der Waals surface area contributed by atoms with E-state index in [0.29, 0.717) is 11.2 Å². The van der Waals surface area contributed by atoms with Crippen LogP contribution in [0.3, 0.4) is 0 Å². The van der Waals surface area contributed by atoms with Crippen LogP contribution in [-0.4, -0.2) is 43.2 Å². The third kappa shape index (κ3) is 5.62. The van der Waals surface area contributed by atoms with E-state index >= 15 is 0 Å². The maximum atomic E-state index is 12.8. The molecule has 0 bridgehead atoms. The predicted octanol–water partition coefficient (Wildman–Crippen LogP) is 3.91. The van der Waals surface area contributed by atoms with Gasteiger partial charge in [0.05, 0.1) is 18.3 Å². The summed E-state index contributed by atoms with van der Waals surface area (Å²) in [4.78, 5) is 4.17. The van der Waals surface area contributed by atoms with Gasteiger partial charge in [-0.05, 0) is 51.5 Å². The summed E-state index contributed by atoms with van der Waals surface area (Å²) < 4.78 is 65.9. The Hall–Kier alpha value is -2.46. The van der Waals surface area contributed by atoms with Gasteiger partial charge in [0.2, 0.25) is 0 Å². The predicted molar refractivity (Wildman–Crippen MR) is 109 cm³/mol. The number of aromatic nitrogens is 1. The van der Waals surface area contributed by atoms with Crippen LogP contribution in [0.4, 0.5) is 13.2 Å². The van der Waals surface area contributed by atoms with Crippen LogP contribution in [0.5, 0.6) is 17.4 Å². The lowest BCUT2D eigenvalue weighted by Crippen LogP contribution is -2.41. The Bertz CT molecular complexity index is 887. The van der Waals surface area contributed by atoms with Gasteiger partial charge in [0.15, 0.2) is 12.4 Å². The first-order valence-corrected chi connectivity index (χ1v) is 9.71. The van der Waals surface area contributed by atoms with Crippen molar-refractivity contribution in [1.82, 2.24) is 4.98 Å². The number of nitrogens with zero attached hydrogens (tertiary/aromatic N) is 1. The van der Waals surface area contributed by atoms with Crippen molar-refractivity contribution in [3.05, 3.63) is 42.1 Å². The van der Waals surface area contributed by atoms with Crippen LogP contribution in [0.15, 0.2) is 36.5 Å². The van der Waals surface area contributed by atoms with Gasteiger partial charge in [0.25, 0.3) is 5.88 Å². The smallest absolute Gasteiger partial charge is 0.496 e. The first kappa shape index (κ1) is 23.2. The first-order chi connectivity index (χ1) is 14.4. The highest BCUT2D eigenvalue weighted by molar-refractivity contribution is 6.62. The fraction of sp³-hybridized carbons (Fsp3) is 0.476. The fourth-order valence-electron chi connectivity index (χ4n) is 2.80. The molecule has 0 aliphatic carbocycles. The van der Waals surface area contributed by atoms with Crippen molar-refractivity contribution in [2.45, 2.75) is 51.7 Å². The molecule has 1 aromatic heterocycles. The lowest BCUT2D eigenvalue weighted by atomic mass is 9.80. The SMILES string of the molecule is COc1ccc(COc2ncc(B3OC(C)(C)C(C)(C)O3)cc2OCC(F)(F)F)cc1. The topological polar surface area (TPSA) is 59.0 Å². The second kappa shape index (κ2) is 8.59. The number of ether oxygens (including phenoxy) is 3. The molecule has 0 N–H and O–H groups in total. The molecule has 1 fully saturated rings. The van der Waals surface area contributed by atoms with E-state index < -0.39 is 31.1 Å². The number of methoxy groups -OCH3 is 1. The van der Waals surface area contributed by atoms with Crippen LogP contribution in [0.2, 0.25) is 0 Å². The van der Waals surface area contributed by atoms with Crippen molar-refractivity contribution >= 4 is 12.6 Å². The van der Waals surface area contributed by atoms with Crippen LogP contribution in [-0.2, 0) is 15.9 Å². The van der Waals surface area contributed by atoms with Gasteiger partial charge < -0.3 is 23.5 Å². The van der Waals surface area contributed by atoms with E-state index in [4.69, 9.17) is 23.5 Å². The molecular weight excluding hydrogens is 414 g/mol. The average Bonchev–Trinajstić information content (AvgIpc) is 2.92. The Morgan fingerprint density at radius 1 is 1.00 bits per heavy atom. The molecule has 2 heterocycles. The molecule has 0 atom stereocenters. The quantitative estimate of drug-likeness (QED) is 0.610. The van der Waals surface area contributed by atoms with Gasteiger partial charge in [-0.25, -0.2) is 4.98 Å². The summed E-state index contributed by atoms with van der Waals surface area (Å²) in [5.41, 5.74) is 0.0228. The third-order valence-corrected chi connectivity index (χ3v) is 5.29. The maximum absolute atomic E-state index is 12.8. The van der Waals surface area contributed by atoms with E-state index in [9.17, 15) is 13.2 Å². The normalized spacial score (nSPS) is 17.5. The van der Waals surface area contributed by atoms with E-state index in [-0.39, 0.29) is 18.2 Å². The van der Waals surface area contributed by atoms with Crippen molar-refractivity contribution in [3.8, 4) is 17.4 Å². The van der Waals surface area contributed by atoms with E-state index in [1.807, 2.05) is 27.7 Å². The molecule has 168 valence electrons. The zero-order valence-corrected chi connectivity index (χ0v) is 18.1. The van der Waals surface area contributed by atoms with Crippen LogP contribution in [0, 0.1) is 0 Å². The second-order valence-electron chi connectivity index (χ2n) is 8.20. The minimum atomic E-state index is -4.51. The monoisotopic (exact) mass is 439 g/mol. The largest absolute Gasteiger partial charge is 0.497 e. The number of rotatable bonds is 7. The van der Waals surface area contributed by atoms with E-state index in [0.717, 1.165) is 5.56 Å². The molecule has 1 aliphatic rings. The molecule has 6 nitrogen and oxygen atoms in total. The zero-order chi connectivity index (χ0) is 22.9. The molecule has 0 saturated carbocycles. The van der Waals surface area contributed by atoms with E-state index in [2.05, 4.69) is 4.98 Å². The minimum Gasteiger partial charge on any atom is -0.497 e. The number of halogens is 3. The highest BCUT2D eigenvalue weighted by Gasteiger charge is 2.52. The highest BCUT2D eigenvalue weighted by atomic mass is 19.4. The van der Waals surface area contributed by atoms with Crippen LogP contribution >= 0.6 is 0 Å². The Labute approximate surface area is 179 Å². The van der Waals surface area contributed by atoms with Crippen LogP contribution in [0.25, 0.3) is 0 Å². The van der Waals surface area contributed by atoms with Gasteiger partial charge in [-0.3, -0.25) is 0 Å². The molecule has 1 aliphatic heterocycles. The molecule has 0 radical (unpaired) electrons. The minimum absolute atomic E-state index is 0.0552. The lowest BCUT2D eigenvalue weighted by molar-refractivity contribution is -0.153. The van der Waals surface area contributed by atoms with Gasteiger partial charge in [0, 0.05) is 11.7 Å². The molecule has 0 amide bonds. The molecule has 0 spiro atoms. The molecule has 0 unspecified atom stereocenters. The van der Waals surface area contributed by atoms with E-state index in [1.165, 1.54) is 12.3 Å². The number of hydrogen-bond donors (Lipinski definition) is 0. The molecule has 10 heteroatoms. The zero-order valence-electron chi connectivity index (χ0n) is 18.1. The molecular formula is C21H25BF3NO5. The summed E-state index contributed by atoms with van der Waals surface area (Å²) in [7, 11) is 0.766. The number of benzene rings is 1. The Balaban J connectivity index is 1.81. The molecule has 3 rings (SSSR count). The molecule has 31 heavy (non-hydrogen) atoms. The summed E-state index contributed by atoms with van der Waals surface area (Å²) >= 11 is 0. The van der Waals surface area contributed by atoms with Crippen molar-refractivity contribution < 1.29 is 36.7 Å². The second-order valence-corrected chi connectivity index (χ2v) is 8.20. The third-order valence-electron chi connectivity index (χ3n) is 5.29. The van der Waals surface area contributed by atoms with Crippen molar-refractivity contribution in [3.63, 3.8) is 0 Å². The fourth-order valence-corrected chi connectivity index (χ4v) is 2.80. The van der Waals surface area contributed by atoms with Crippen molar-refractivity contribution in [2.24, 2.45) is 0 Å². The highest BCUT2D eigenvalue weighted by Crippen LogP contribution is 2.37. The summed E-state index contributed by atoms with van der Waals surface area (Å²) in [6, 6.07) is 8.50. The summed E-state index contributed by atoms with van der Waals surface area (Å²) in [5.74, 6) is 0.487. The summed E-state index contributed by atoms with van der Waals surface area (Å²) in [6.07, 6.45) is -3.06. The van der Waals surface area contributed by atoms with Gasteiger partial charge >= 0.3 is 13.3 Å². The molecule has 1 aromatic carbocycles. The van der Waals surface area contributed by atoms with Gasteiger partial charge in [0.1, 0.15) is 12.4 Å². The summed E-state index contributed by atoms with van der Waals surface area (Å²) in [6.45, 7) is 6.15. The van der Waals surface area contributed by atoms with Crippen LogP contribution in [0.1, 0.15) is 33.3 Å². The van der Waals surface area contributed by atoms with Crippen LogP contribution < -0.4 is 19.7 Å². The standard InChI is InChI=1S/C21H25BF3NO5/c1-19(2)20(3,4)31-22(30-19)15-10-17(29-13-21(23,24)25)18(26-11-15)28-12-14-6-8-16(27-5)9-7-14/h6-11H,12-13H2,1-5H3. The first-order valence-electron chi connectivity index (χ1n) is 9.71. The number of alkyl halides is 3. The Kier molecular flexibility index (Phi) is 6.43. The lowest BCUT2D eigenvalue weighted by Gasteiger charge is -2.32. The Morgan fingerprint density at radius 2 is 1.61 bits per heavy atom. The Morgan fingerprint density at radius 3 is 2.16 bits per heavy atom. The van der Waals surface area contributed by atoms with Gasteiger partial charge in [-0.2, -0.15) is 13.2 Å². The molecule has 2 aromatic rings. The van der Waals surface area contributed by atoms with Gasteiger partial charge in [-0.15, -0.1) is 0 Å². The average molecular weight is 439 g/mol. The summed E-state index contributed by atoms with van der Waals surface area (Å²) in [5, 5.41) is 0. The molecule has 1 saturated heterocycles. The maximum Gasteiger partial charge on any atom is 0.496 e. The number of hydrogen-bond acceptors (Lipinski definition) is 6.